The van der Waals surface area contributed by atoms with Crippen molar-refractivity contribution in [3.63, 3.8) is 0 Å². The molecule has 0 unspecified atom stereocenters. The summed E-state index contributed by atoms with van der Waals surface area (Å²) in [6.07, 6.45) is 22.4. The van der Waals surface area contributed by atoms with Crippen molar-refractivity contribution in [2.24, 2.45) is 9.98 Å². The predicted octanol–water partition coefficient (Wildman–Crippen LogP) is 12.7. The van der Waals surface area contributed by atoms with E-state index in [0.717, 1.165) is 56.3 Å². The SMILES string of the molecule is CCCCCC(=N\c1cc(CCCC)cc(CCCC)c1)/C(CCCC)=N/c1cc(CCCC)cc(CCCC)c1.[Ni]. The molecule has 42 heavy (non-hydrogen) atoms. The van der Waals surface area contributed by atoms with Crippen LogP contribution >= 0.6 is 0 Å². The van der Waals surface area contributed by atoms with Crippen LogP contribution in [0.25, 0.3) is 0 Å². The maximum absolute atomic E-state index is 5.45. The number of benzene rings is 2. The molecule has 0 aliphatic carbocycles. The van der Waals surface area contributed by atoms with Crippen molar-refractivity contribution in [3.05, 3.63) is 58.7 Å². The van der Waals surface area contributed by atoms with Crippen molar-refractivity contribution >= 4 is 22.8 Å². The predicted molar refractivity (Wildman–Crippen MR) is 185 cm³/mol. The van der Waals surface area contributed by atoms with E-state index in [1.54, 1.807) is 0 Å². The van der Waals surface area contributed by atoms with Gasteiger partial charge in [-0.05, 0) is 124 Å². The first-order valence-electron chi connectivity index (χ1n) is 17.5. The summed E-state index contributed by atoms with van der Waals surface area (Å²) in [5.74, 6) is 0. The van der Waals surface area contributed by atoms with E-state index in [9.17, 15) is 0 Å². The fourth-order valence-electron chi connectivity index (χ4n) is 5.44. The Balaban J connectivity index is 0.00000882. The van der Waals surface area contributed by atoms with Crippen molar-refractivity contribution in [2.45, 2.75) is 164 Å². The molecule has 238 valence electrons. The van der Waals surface area contributed by atoms with Crippen LogP contribution in [0.15, 0.2) is 46.4 Å². The molecular formula is C39H62N2Ni. The first kappa shape index (κ1) is 38.3. The fraction of sp³-hybridized carbons (Fsp3) is 0.641. The van der Waals surface area contributed by atoms with E-state index in [0.29, 0.717) is 0 Å². The van der Waals surface area contributed by atoms with Gasteiger partial charge in [0.05, 0.1) is 22.8 Å². The van der Waals surface area contributed by atoms with Crippen molar-refractivity contribution in [1.82, 2.24) is 0 Å². The van der Waals surface area contributed by atoms with E-state index < -0.39 is 0 Å². The van der Waals surface area contributed by atoms with Crippen molar-refractivity contribution in [1.29, 1.82) is 0 Å². The summed E-state index contributed by atoms with van der Waals surface area (Å²) < 4.78 is 0. The molecule has 0 aliphatic rings. The average molecular weight is 618 g/mol. The second-order valence-corrected chi connectivity index (χ2v) is 12.1. The van der Waals surface area contributed by atoms with Crippen LogP contribution in [-0.2, 0) is 42.2 Å². The Kier molecular flexibility index (Phi) is 21.6. The Bertz CT molecular complexity index is 1000. The molecule has 2 rings (SSSR count). The van der Waals surface area contributed by atoms with Crippen LogP contribution in [0.4, 0.5) is 11.4 Å². The Morgan fingerprint density at radius 2 is 0.714 bits per heavy atom. The fourth-order valence-corrected chi connectivity index (χ4v) is 5.44. The Hall–Kier alpha value is -1.73. The zero-order valence-electron chi connectivity index (χ0n) is 28.1. The van der Waals surface area contributed by atoms with Crippen LogP contribution in [0.3, 0.4) is 0 Å². The first-order valence-corrected chi connectivity index (χ1v) is 17.5. The minimum absolute atomic E-state index is 0. The molecule has 0 amide bonds. The molecule has 0 aromatic heterocycles. The number of hydrogen-bond donors (Lipinski definition) is 0. The summed E-state index contributed by atoms with van der Waals surface area (Å²) in [6.45, 7) is 13.7. The molecule has 2 aromatic rings. The van der Waals surface area contributed by atoms with Gasteiger partial charge in [-0.3, -0.25) is 9.98 Å². The molecule has 0 bridgehead atoms. The minimum atomic E-state index is 0. The molecule has 0 N–H and O–H groups in total. The van der Waals surface area contributed by atoms with E-state index in [2.05, 4.69) is 77.9 Å². The summed E-state index contributed by atoms with van der Waals surface area (Å²) in [4.78, 5) is 10.9. The van der Waals surface area contributed by atoms with Gasteiger partial charge in [0.2, 0.25) is 0 Å². The second kappa shape index (κ2) is 23.7. The quantitative estimate of drug-likeness (QED) is 0.0713. The van der Waals surface area contributed by atoms with Gasteiger partial charge in [0.25, 0.3) is 0 Å². The van der Waals surface area contributed by atoms with Gasteiger partial charge in [-0.1, -0.05) is 98.6 Å². The first-order chi connectivity index (χ1) is 20.1. The van der Waals surface area contributed by atoms with Crippen LogP contribution in [0, 0.1) is 0 Å². The molecule has 0 heterocycles. The van der Waals surface area contributed by atoms with E-state index in [-0.39, 0.29) is 16.5 Å². The number of hydrogen-bond acceptors (Lipinski definition) is 2. The molecule has 0 saturated heterocycles. The zero-order chi connectivity index (χ0) is 29.7. The molecule has 0 aliphatic heterocycles. The molecule has 3 heteroatoms. The smallest absolute Gasteiger partial charge is 0.0639 e. The van der Waals surface area contributed by atoms with Gasteiger partial charge in [-0.25, -0.2) is 0 Å². The molecule has 0 fully saturated rings. The summed E-state index contributed by atoms with van der Waals surface area (Å²) in [5.41, 5.74) is 10.5. The summed E-state index contributed by atoms with van der Waals surface area (Å²) in [5, 5.41) is 0. The molecular weight excluding hydrogens is 555 g/mol. The van der Waals surface area contributed by atoms with Gasteiger partial charge >= 0.3 is 0 Å². The van der Waals surface area contributed by atoms with Crippen LogP contribution in [0.1, 0.15) is 160 Å². The van der Waals surface area contributed by atoms with E-state index in [4.69, 9.17) is 9.98 Å². The van der Waals surface area contributed by atoms with Crippen LogP contribution in [0.5, 0.6) is 0 Å². The van der Waals surface area contributed by atoms with Crippen LogP contribution in [-0.4, -0.2) is 11.4 Å². The van der Waals surface area contributed by atoms with Crippen molar-refractivity contribution in [3.8, 4) is 0 Å². The van der Waals surface area contributed by atoms with Gasteiger partial charge in [0.1, 0.15) is 0 Å². The number of unbranched alkanes of at least 4 members (excludes halogenated alkanes) is 7. The topological polar surface area (TPSA) is 24.7 Å². The van der Waals surface area contributed by atoms with E-state index >= 15 is 0 Å². The molecule has 0 saturated carbocycles. The number of aliphatic imine (C=N–C) groups is 2. The van der Waals surface area contributed by atoms with Gasteiger partial charge in [0, 0.05) is 16.5 Å². The Morgan fingerprint density at radius 3 is 1.02 bits per heavy atom. The zero-order valence-corrected chi connectivity index (χ0v) is 29.1. The van der Waals surface area contributed by atoms with Crippen LogP contribution in [0.2, 0.25) is 0 Å². The summed E-state index contributed by atoms with van der Waals surface area (Å²) in [6, 6.07) is 14.3. The maximum atomic E-state index is 5.45. The number of rotatable bonds is 22. The molecule has 2 aromatic carbocycles. The maximum Gasteiger partial charge on any atom is 0.0639 e. The molecule has 2 nitrogen and oxygen atoms in total. The summed E-state index contributed by atoms with van der Waals surface area (Å²) >= 11 is 0. The number of aryl methyl sites for hydroxylation is 4. The van der Waals surface area contributed by atoms with Gasteiger partial charge < -0.3 is 0 Å². The largest absolute Gasteiger partial charge is 0.252 e. The number of nitrogens with zero attached hydrogens (tertiary/aromatic N) is 2. The average Bonchev–Trinajstić information content (AvgIpc) is 2.98. The van der Waals surface area contributed by atoms with Gasteiger partial charge in [-0.2, -0.15) is 0 Å². The van der Waals surface area contributed by atoms with Crippen molar-refractivity contribution in [2.75, 3.05) is 0 Å². The second-order valence-electron chi connectivity index (χ2n) is 12.1. The van der Waals surface area contributed by atoms with Gasteiger partial charge in [0.15, 0.2) is 0 Å². The summed E-state index contributed by atoms with van der Waals surface area (Å²) in [7, 11) is 0. The van der Waals surface area contributed by atoms with E-state index in [1.165, 1.54) is 111 Å². The molecule has 0 spiro atoms. The third-order valence-electron chi connectivity index (χ3n) is 8.00. The van der Waals surface area contributed by atoms with Gasteiger partial charge in [-0.15, -0.1) is 0 Å². The van der Waals surface area contributed by atoms with E-state index in [1.807, 2.05) is 0 Å². The minimum Gasteiger partial charge on any atom is -0.252 e. The normalized spacial score (nSPS) is 12.0. The van der Waals surface area contributed by atoms with Crippen molar-refractivity contribution < 1.29 is 16.5 Å². The monoisotopic (exact) mass is 616 g/mol. The third-order valence-corrected chi connectivity index (χ3v) is 8.00. The Morgan fingerprint density at radius 1 is 0.405 bits per heavy atom. The molecule has 0 radical (unpaired) electrons. The Labute approximate surface area is 270 Å². The van der Waals surface area contributed by atoms with Crippen LogP contribution < -0.4 is 0 Å². The third kappa shape index (κ3) is 15.1. The standard InChI is InChI=1S/C39H62N2.Ni/c1-7-13-19-25-39(41-37-30-34(22-16-10-4)27-35(31-37)23-17-11-5)38(24-18-12-6)40-36-28-32(20-14-8-2)26-33(29-36)21-15-9-3;/h26-31H,7-25H2,1-6H3;/b40-38+,41-39+;. The molecule has 0 atom stereocenters.